The van der Waals surface area contributed by atoms with E-state index in [1.807, 2.05) is 0 Å². The van der Waals surface area contributed by atoms with Crippen LogP contribution >= 0.6 is 0 Å². The maximum Gasteiger partial charge on any atom is 2.00 e. The molecule has 0 N–H and O–H groups in total. The SMILES string of the molecule is [Ca+2].[Cu].[H-].[H-].[H-].[H-].[H-].[Li+].[Mg+2]. The zero-order chi connectivity index (χ0) is 0. The molecular formula is H5CaCuLiMg. The first kappa shape index (κ1) is 27.3. The molecule has 0 aliphatic carbocycles. The fourth-order valence-corrected chi connectivity index (χ4v) is 0. The molecule has 0 fully saturated rings. The summed E-state index contributed by atoms with van der Waals surface area (Å²) in [5.41, 5.74) is 0. The summed E-state index contributed by atoms with van der Waals surface area (Å²) < 4.78 is 0. The van der Waals surface area contributed by atoms with Gasteiger partial charge in [-0.15, -0.1) is 0 Å². The van der Waals surface area contributed by atoms with Gasteiger partial charge >= 0.3 is 79.7 Å². The molecule has 0 aromatic carbocycles. The number of hydrogen-bond acceptors (Lipinski definition) is 0. The smallest absolute Gasteiger partial charge is 1.00 e. The van der Waals surface area contributed by atoms with Crippen molar-refractivity contribution in [3.05, 3.63) is 0 Å². The Morgan fingerprint density at radius 2 is 1.25 bits per heavy atom. The third kappa shape index (κ3) is 8.94. The average Bonchev–Trinajstić information content (AvgIpc) is 0. The first-order valence-corrected chi connectivity index (χ1v) is 0. The van der Waals surface area contributed by atoms with Crippen molar-refractivity contribution in [3.63, 3.8) is 0 Å². The standard InChI is InChI=1S/Ca.Cu.Li.Mg.5H/q+2;;+1;+2;5*-1. The molecule has 0 spiro atoms. The normalized spacial score (nSPS) is 0. The summed E-state index contributed by atoms with van der Waals surface area (Å²) >= 11 is 0. The van der Waals surface area contributed by atoms with Crippen molar-refractivity contribution in [2.24, 2.45) is 0 Å². The minimum atomic E-state index is 0. The van der Waals surface area contributed by atoms with Crippen LogP contribution in [0, 0.1) is 0 Å². The molecule has 0 aliphatic heterocycles. The summed E-state index contributed by atoms with van der Waals surface area (Å²) in [5, 5.41) is 0. The molecular weight excluding hydrogens is 135 g/mol. The molecule has 4 heteroatoms. The van der Waals surface area contributed by atoms with Crippen LogP contribution in [-0.2, 0) is 17.1 Å². The molecule has 21 valence electrons. The van der Waals surface area contributed by atoms with Gasteiger partial charge in [0.15, 0.2) is 0 Å². The van der Waals surface area contributed by atoms with E-state index in [-0.39, 0.29) is 104 Å². The van der Waals surface area contributed by atoms with Crippen LogP contribution in [0.1, 0.15) is 7.13 Å². The summed E-state index contributed by atoms with van der Waals surface area (Å²) in [6, 6.07) is 0. The second-order valence-corrected chi connectivity index (χ2v) is 0. The molecule has 0 bridgehead atoms. The summed E-state index contributed by atoms with van der Waals surface area (Å²) in [6.07, 6.45) is 0. The maximum atomic E-state index is 0. The third-order valence-corrected chi connectivity index (χ3v) is 0. The van der Waals surface area contributed by atoms with E-state index >= 15 is 0 Å². The van der Waals surface area contributed by atoms with Crippen molar-refractivity contribution in [2.75, 3.05) is 0 Å². The van der Waals surface area contributed by atoms with Crippen LogP contribution in [0.2, 0.25) is 0 Å². The summed E-state index contributed by atoms with van der Waals surface area (Å²) in [6.45, 7) is 0. The zero-order valence-electron chi connectivity index (χ0n) is 7.72. The van der Waals surface area contributed by atoms with E-state index in [2.05, 4.69) is 0 Å². The van der Waals surface area contributed by atoms with E-state index in [1.54, 1.807) is 0 Å². The van der Waals surface area contributed by atoms with Gasteiger partial charge in [-0.05, 0) is 0 Å². The average molecular weight is 140 g/mol. The number of rotatable bonds is 0. The molecule has 0 rings (SSSR count). The molecule has 0 saturated heterocycles. The van der Waals surface area contributed by atoms with Gasteiger partial charge in [0, 0.05) is 17.1 Å². The Balaban J connectivity index is 0. The van der Waals surface area contributed by atoms with Crippen molar-refractivity contribution < 1.29 is 43.1 Å². The minimum absolute atomic E-state index is 0. The quantitative estimate of drug-likeness (QED) is 0.311. The first-order valence-electron chi connectivity index (χ1n) is 0. The van der Waals surface area contributed by atoms with Crippen LogP contribution in [0.15, 0.2) is 0 Å². The zero-order valence-corrected chi connectivity index (χ0v) is 7.28. The van der Waals surface area contributed by atoms with Crippen LogP contribution < -0.4 is 18.9 Å². The van der Waals surface area contributed by atoms with E-state index in [0.29, 0.717) is 0 Å². The van der Waals surface area contributed by atoms with E-state index in [4.69, 9.17) is 0 Å². The van der Waals surface area contributed by atoms with E-state index in [9.17, 15) is 0 Å². The molecule has 0 amide bonds. The predicted octanol–water partition coefficient (Wildman–Crippen LogP) is -3.20. The fraction of sp³-hybridized carbons (Fsp3) is 0. The fourth-order valence-electron chi connectivity index (χ4n) is 0. The molecule has 0 saturated carbocycles. The second-order valence-electron chi connectivity index (χ2n) is 0. The van der Waals surface area contributed by atoms with Gasteiger partial charge in [-0.25, -0.2) is 0 Å². The van der Waals surface area contributed by atoms with Crippen molar-refractivity contribution in [2.45, 2.75) is 0 Å². The van der Waals surface area contributed by atoms with Crippen molar-refractivity contribution in [1.29, 1.82) is 0 Å². The van der Waals surface area contributed by atoms with Crippen LogP contribution in [0.25, 0.3) is 0 Å². The van der Waals surface area contributed by atoms with Gasteiger partial charge in [0.1, 0.15) is 0 Å². The monoisotopic (exact) mass is 139 g/mol. The summed E-state index contributed by atoms with van der Waals surface area (Å²) in [5.74, 6) is 0. The van der Waals surface area contributed by atoms with Gasteiger partial charge in [-0.1, -0.05) is 0 Å². The van der Waals surface area contributed by atoms with Gasteiger partial charge in [-0.3, -0.25) is 0 Å². The molecule has 0 heterocycles. The van der Waals surface area contributed by atoms with E-state index in [1.165, 1.54) is 0 Å². The molecule has 0 atom stereocenters. The van der Waals surface area contributed by atoms with Crippen LogP contribution in [0.4, 0.5) is 0 Å². The summed E-state index contributed by atoms with van der Waals surface area (Å²) in [7, 11) is 0. The molecule has 0 nitrogen and oxygen atoms in total. The molecule has 0 aliphatic rings. The van der Waals surface area contributed by atoms with E-state index in [0.717, 1.165) is 0 Å². The largest absolute Gasteiger partial charge is 2.00 e. The van der Waals surface area contributed by atoms with Gasteiger partial charge in [0.05, 0.1) is 0 Å². The van der Waals surface area contributed by atoms with E-state index < -0.39 is 0 Å². The van der Waals surface area contributed by atoms with Gasteiger partial charge in [0.2, 0.25) is 0 Å². The van der Waals surface area contributed by atoms with Crippen molar-refractivity contribution >= 4 is 60.8 Å². The van der Waals surface area contributed by atoms with Crippen LogP contribution in [0.5, 0.6) is 0 Å². The first-order chi connectivity index (χ1) is 0. The van der Waals surface area contributed by atoms with Crippen LogP contribution in [-0.4, -0.2) is 60.8 Å². The molecule has 1 radical (unpaired) electrons. The molecule has 4 heavy (non-hydrogen) atoms. The Hall–Kier alpha value is 3.14. The minimum Gasteiger partial charge on any atom is -1.00 e. The Kier molecular flexibility index (Phi) is 112. The predicted molar refractivity (Wildman–Crippen MR) is 17.1 cm³/mol. The topological polar surface area (TPSA) is 0 Å². The molecule has 0 aromatic rings. The van der Waals surface area contributed by atoms with Crippen molar-refractivity contribution in [3.8, 4) is 0 Å². The third-order valence-electron chi connectivity index (χ3n) is 0. The Bertz CT molecular complexity index is 16.9. The Morgan fingerprint density at radius 1 is 1.25 bits per heavy atom. The molecule has 0 unspecified atom stereocenters. The second kappa shape index (κ2) is 16.4. The Morgan fingerprint density at radius 3 is 1.25 bits per heavy atom. The van der Waals surface area contributed by atoms with Gasteiger partial charge in [-0.2, -0.15) is 0 Å². The van der Waals surface area contributed by atoms with Crippen LogP contribution in [0.3, 0.4) is 0 Å². The molecule has 0 aromatic heterocycles. The van der Waals surface area contributed by atoms with Gasteiger partial charge in [0.25, 0.3) is 0 Å². The summed E-state index contributed by atoms with van der Waals surface area (Å²) in [4.78, 5) is 0. The van der Waals surface area contributed by atoms with Gasteiger partial charge < -0.3 is 7.13 Å². The van der Waals surface area contributed by atoms with Crippen molar-refractivity contribution in [1.82, 2.24) is 0 Å². The Labute approximate surface area is 102 Å². The number of hydrogen-bond donors (Lipinski definition) is 0. The maximum absolute atomic E-state index is 0.